The van der Waals surface area contributed by atoms with Gasteiger partial charge in [0.05, 0.1) is 7.11 Å². The molecule has 1 saturated heterocycles. The van der Waals surface area contributed by atoms with Gasteiger partial charge in [-0.1, -0.05) is 0 Å². The van der Waals surface area contributed by atoms with Crippen molar-refractivity contribution in [3.63, 3.8) is 0 Å². The minimum absolute atomic E-state index is 0.150. The fraction of sp³-hybridized carbons (Fsp3) is 0.467. The van der Waals surface area contributed by atoms with Crippen LogP contribution in [0.3, 0.4) is 0 Å². The molecule has 0 aromatic heterocycles. The number of carbonyl (C=O) groups is 2. The van der Waals surface area contributed by atoms with Gasteiger partial charge in [-0.3, -0.25) is 4.79 Å². The Kier molecular flexibility index (Phi) is 3.55. The van der Waals surface area contributed by atoms with Crippen LogP contribution in [0.2, 0.25) is 0 Å². The Bertz CT molecular complexity index is 585. The van der Waals surface area contributed by atoms with Crippen LogP contribution in [0.5, 0.6) is 5.75 Å². The number of aliphatic carboxylic acids is 1. The lowest BCUT2D eigenvalue weighted by molar-refractivity contribution is -0.151. The summed E-state index contributed by atoms with van der Waals surface area (Å²) < 4.78 is 10.5. The second kappa shape index (κ2) is 5.37. The molecule has 0 saturated carbocycles. The van der Waals surface area contributed by atoms with Gasteiger partial charge in [0, 0.05) is 12.2 Å². The zero-order valence-electron chi connectivity index (χ0n) is 11.7. The predicted octanol–water partition coefficient (Wildman–Crippen LogP) is 1.22. The van der Waals surface area contributed by atoms with E-state index >= 15 is 0 Å². The first-order chi connectivity index (χ1) is 10.1. The van der Waals surface area contributed by atoms with Gasteiger partial charge in [0.25, 0.3) is 5.91 Å². The van der Waals surface area contributed by atoms with Crippen molar-refractivity contribution in [1.29, 1.82) is 0 Å². The fourth-order valence-electron chi connectivity index (χ4n) is 2.91. The van der Waals surface area contributed by atoms with E-state index in [9.17, 15) is 9.59 Å². The Morgan fingerprint density at radius 3 is 2.76 bits per heavy atom. The molecule has 0 unspecified atom stereocenters. The van der Waals surface area contributed by atoms with Crippen molar-refractivity contribution in [2.24, 2.45) is 0 Å². The van der Waals surface area contributed by atoms with Crippen LogP contribution >= 0.6 is 0 Å². The molecule has 112 valence electrons. The van der Waals surface area contributed by atoms with Crippen LogP contribution in [0.1, 0.15) is 18.4 Å². The molecule has 0 spiro atoms. The van der Waals surface area contributed by atoms with Gasteiger partial charge in [-0.25, -0.2) is 4.79 Å². The van der Waals surface area contributed by atoms with Crippen molar-refractivity contribution < 1.29 is 24.2 Å². The molecule has 6 heteroatoms. The molecule has 1 fully saturated rings. The normalized spacial score (nSPS) is 24.0. The maximum Gasteiger partial charge on any atom is 0.332 e. The SMILES string of the molecule is COc1ccc2c(c1)CCN2C(=O)[C@@H]1CC[C@H](C(=O)O)O1. The number of hydrogen-bond donors (Lipinski definition) is 1. The third-order valence-corrected chi connectivity index (χ3v) is 4.02. The highest BCUT2D eigenvalue weighted by Crippen LogP contribution is 2.33. The largest absolute Gasteiger partial charge is 0.497 e. The van der Waals surface area contributed by atoms with E-state index in [1.807, 2.05) is 18.2 Å². The lowest BCUT2D eigenvalue weighted by atomic mass is 10.1. The first-order valence-corrected chi connectivity index (χ1v) is 6.96. The Labute approximate surface area is 122 Å². The monoisotopic (exact) mass is 291 g/mol. The molecule has 3 rings (SSSR count). The van der Waals surface area contributed by atoms with Gasteiger partial charge in [-0.2, -0.15) is 0 Å². The van der Waals surface area contributed by atoms with Gasteiger partial charge in [0.2, 0.25) is 0 Å². The van der Waals surface area contributed by atoms with E-state index in [2.05, 4.69) is 0 Å². The molecular formula is C15H17NO5. The predicted molar refractivity (Wildman–Crippen MR) is 74.6 cm³/mol. The van der Waals surface area contributed by atoms with Crippen LogP contribution < -0.4 is 9.64 Å². The molecule has 1 aromatic carbocycles. The molecule has 2 aliphatic rings. The summed E-state index contributed by atoms with van der Waals surface area (Å²) in [6.07, 6.45) is 0.0937. The summed E-state index contributed by atoms with van der Waals surface area (Å²) in [5.74, 6) is -0.384. The quantitative estimate of drug-likeness (QED) is 0.906. The summed E-state index contributed by atoms with van der Waals surface area (Å²) in [6.45, 7) is 0.596. The summed E-state index contributed by atoms with van der Waals surface area (Å²) >= 11 is 0. The molecule has 6 nitrogen and oxygen atoms in total. The molecule has 2 aliphatic heterocycles. The summed E-state index contributed by atoms with van der Waals surface area (Å²) in [5, 5.41) is 8.93. The van der Waals surface area contributed by atoms with E-state index in [0.717, 1.165) is 23.4 Å². The van der Waals surface area contributed by atoms with E-state index in [-0.39, 0.29) is 5.91 Å². The highest BCUT2D eigenvalue weighted by molar-refractivity contribution is 5.99. The number of amides is 1. The maximum atomic E-state index is 12.5. The Morgan fingerprint density at radius 1 is 1.33 bits per heavy atom. The second-order valence-electron chi connectivity index (χ2n) is 5.26. The number of nitrogens with zero attached hydrogens (tertiary/aromatic N) is 1. The van der Waals surface area contributed by atoms with Gasteiger partial charge >= 0.3 is 5.97 Å². The van der Waals surface area contributed by atoms with E-state index in [4.69, 9.17) is 14.6 Å². The molecule has 21 heavy (non-hydrogen) atoms. The van der Waals surface area contributed by atoms with Crippen LogP contribution in [0, 0.1) is 0 Å². The zero-order chi connectivity index (χ0) is 15.0. The highest BCUT2D eigenvalue weighted by Gasteiger charge is 2.38. The van der Waals surface area contributed by atoms with Gasteiger partial charge in [0.1, 0.15) is 11.9 Å². The van der Waals surface area contributed by atoms with Crippen molar-refractivity contribution >= 4 is 17.6 Å². The van der Waals surface area contributed by atoms with Crippen molar-refractivity contribution in [2.75, 3.05) is 18.6 Å². The number of benzene rings is 1. The van der Waals surface area contributed by atoms with Crippen LogP contribution in [0.25, 0.3) is 0 Å². The first kappa shape index (κ1) is 13.9. The fourth-order valence-corrected chi connectivity index (χ4v) is 2.91. The average molecular weight is 291 g/mol. The number of fused-ring (bicyclic) bond motifs is 1. The molecule has 1 amide bonds. The number of anilines is 1. The van der Waals surface area contributed by atoms with Gasteiger partial charge < -0.3 is 19.5 Å². The molecular weight excluding hydrogens is 274 g/mol. The summed E-state index contributed by atoms with van der Waals surface area (Å²) in [7, 11) is 1.61. The minimum Gasteiger partial charge on any atom is -0.497 e. The number of carboxylic acids is 1. The summed E-state index contributed by atoms with van der Waals surface area (Å²) in [4.78, 5) is 25.1. The first-order valence-electron chi connectivity index (χ1n) is 6.96. The van der Waals surface area contributed by atoms with Crippen LogP contribution in [-0.2, 0) is 20.7 Å². The minimum atomic E-state index is -1.00. The zero-order valence-corrected chi connectivity index (χ0v) is 11.7. The number of rotatable bonds is 3. The van der Waals surface area contributed by atoms with Crippen LogP contribution in [0.15, 0.2) is 18.2 Å². The smallest absolute Gasteiger partial charge is 0.332 e. The number of hydrogen-bond acceptors (Lipinski definition) is 4. The van der Waals surface area contributed by atoms with E-state index < -0.39 is 18.2 Å². The van der Waals surface area contributed by atoms with Crippen molar-refractivity contribution in [1.82, 2.24) is 0 Å². The van der Waals surface area contributed by atoms with Crippen LogP contribution in [-0.4, -0.2) is 42.8 Å². The molecule has 0 aliphatic carbocycles. The molecule has 2 heterocycles. The average Bonchev–Trinajstić information content (AvgIpc) is 3.12. The van der Waals surface area contributed by atoms with Crippen molar-refractivity contribution in [3.8, 4) is 5.75 Å². The molecule has 0 radical (unpaired) electrons. The lowest BCUT2D eigenvalue weighted by Crippen LogP contribution is -2.38. The van der Waals surface area contributed by atoms with E-state index in [1.54, 1.807) is 12.0 Å². The topological polar surface area (TPSA) is 76.1 Å². The number of ether oxygens (including phenoxy) is 2. The molecule has 0 bridgehead atoms. The number of methoxy groups -OCH3 is 1. The number of carboxylic acid groups (broad SMARTS) is 1. The maximum absolute atomic E-state index is 12.5. The van der Waals surface area contributed by atoms with Crippen molar-refractivity contribution in [2.45, 2.75) is 31.5 Å². The standard InChI is InChI=1S/C15H17NO5/c1-20-10-2-3-11-9(8-10)6-7-16(11)14(17)12-4-5-13(21-12)15(18)19/h2-3,8,12-13H,4-7H2,1H3,(H,18,19)/t12-,13+/m0/s1. The van der Waals surface area contributed by atoms with Gasteiger partial charge in [0.15, 0.2) is 6.10 Å². The highest BCUT2D eigenvalue weighted by atomic mass is 16.5. The Morgan fingerprint density at radius 2 is 2.10 bits per heavy atom. The third-order valence-electron chi connectivity index (χ3n) is 4.02. The number of carbonyl (C=O) groups excluding carboxylic acids is 1. The van der Waals surface area contributed by atoms with E-state index in [1.165, 1.54) is 0 Å². The van der Waals surface area contributed by atoms with Gasteiger partial charge in [-0.05, 0) is 43.0 Å². The molecule has 1 aromatic rings. The Hall–Kier alpha value is -2.08. The van der Waals surface area contributed by atoms with Crippen LogP contribution in [0.4, 0.5) is 5.69 Å². The van der Waals surface area contributed by atoms with Crippen molar-refractivity contribution in [3.05, 3.63) is 23.8 Å². The van der Waals surface area contributed by atoms with E-state index in [0.29, 0.717) is 19.4 Å². The molecule has 2 atom stereocenters. The second-order valence-corrected chi connectivity index (χ2v) is 5.26. The lowest BCUT2D eigenvalue weighted by Gasteiger charge is -2.21. The summed E-state index contributed by atoms with van der Waals surface area (Å²) in [6, 6.07) is 5.61. The Balaban J connectivity index is 1.75. The third kappa shape index (κ3) is 2.47. The summed E-state index contributed by atoms with van der Waals surface area (Å²) in [5.41, 5.74) is 1.93. The van der Waals surface area contributed by atoms with Gasteiger partial charge in [-0.15, -0.1) is 0 Å². The molecule has 1 N–H and O–H groups in total.